The van der Waals surface area contributed by atoms with Gasteiger partial charge in [-0.2, -0.15) is 0 Å². The van der Waals surface area contributed by atoms with Crippen molar-refractivity contribution in [1.82, 2.24) is 0 Å². The highest BCUT2D eigenvalue weighted by Crippen LogP contribution is 2.41. The Balaban J connectivity index is 2.39. The van der Waals surface area contributed by atoms with Crippen LogP contribution in [0.3, 0.4) is 0 Å². The van der Waals surface area contributed by atoms with Gasteiger partial charge in [0.05, 0.1) is 20.8 Å². The molecule has 0 amide bonds. The lowest BCUT2D eigenvalue weighted by Crippen LogP contribution is -2.60. The van der Waals surface area contributed by atoms with Crippen LogP contribution in [0.2, 0.25) is 0 Å². The first-order chi connectivity index (χ1) is 13.2. The molecule has 10 nitrogen and oxygen atoms in total. The number of carboxylic acids is 1. The number of ether oxygens (including phenoxy) is 4. The molecule has 1 heterocycles. The molecule has 1 saturated heterocycles. The third kappa shape index (κ3) is 4.54. The van der Waals surface area contributed by atoms with Crippen LogP contribution in [0.25, 0.3) is 6.08 Å². The molecule has 0 radical (unpaired) electrons. The molecule has 0 bridgehead atoms. The minimum absolute atomic E-state index is 0.0273. The number of aliphatic hydroxyl groups is 4. The third-order valence-corrected chi connectivity index (χ3v) is 4.29. The predicted molar refractivity (Wildman–Crippen MR) is 95.2 cm³/mol. The fraction of sp³-hybridized carbons (Fsp3) is 0.500. The van der Waals surface area contributed by atoms with Gasteiger partial charge in [-0.25, -0.2) is 4.79 Å². The second-order valence-corrected chi connectivity index (χ2v) is 6.20. The van der Waals surface area contributed by atoms with Crippen LogP contribution in [-0.2, 0) is 9.53 Å². The summed E-state index contributed by atoms with van der Waals surface area (Å²) in [5.74, 6) is -0.750. The second-order valence-electron chi connectivity index (χ2n) is 6.20. The van der Waals surface area contributed by atoms with Gasteiger partial charge in [0.15, 0.2) is 11.5 Å². The molecule has 2 rings (SSSR count). The van der Waals surface area contributed by atoms with E-state index in [2.05, 4.69) is 0 Å². The SMILES string of the molecule is COc1cc(C=C(C)C(=O)O)cc(OC)c1O[C@@H]1O[C@H](CO)[C@H](O)[C@H](O)[C@H]1O. The molecule has 0 unspecified atom stereocenters. The van der Waals surface area contributed by atoms with Gasteiger partial charge < -0.3 is 44.5 Å². The van der Waals surface area contributed by atoms with Crippen molar-refractivity contribution in [3.63, 3.8) is 0 Å². The zero-order valence-electron chi connectivity index (χ0n) is 15.6. The normalized spacial score (nSPS) is 28.0. The van der Waals surface area contributed by atoms with E-state index >= 15 is 0 Å². The monoisotopic (exact) mass is 400 g/mol. The van der Waals surface area contributed by atoms with Crippen LogP contribution in [0.1, 0.15) is 12.5 Å². The van der Waals surface area contributed by atoms with Gasteiger partial charge in [0, 0.05) is 5.57 Å². The highest BCUT2D eigenvalue weighted by Gasteiger charge is 2.45. The van der Waals surface area contributed by atoms with Crippen LogP contribution in [0.15, 0.2) is 17.7 Å². The summed E-state index contributed by atoms with van der Waals surface area (Å²) < 4.78 is 21.5. The van der Waals surface area contributed by atoms with Crippen LogP contribution in [0.4, 0.5) is 0 Å². The van der Waals surface area contributed by atoms with Gasteiger partial charge in [-0.15, -0.1) is 0 Å². The summed E-state index contributed by atoms with van der Waals surface area (Å²) in [4.78, 5) is 11.0. The van der Waals surface area contributed by atoms with E-state index in [0.717, 1.165) is 0 Å². The zero-order valence-corrected chi connectivity index (χ0v) is 15.6. The quantitative estimate of drug-likeness (QED) is 0.374. The molecule has 1 aliphatic rings. The van der Waals surface area contributed by atoms with Crippen LogP contribution >= 0.6 is 0 Å². The molecule has 28 heavy (non-hydrogen) atoms. The predicted octanol–water partition coefficient (Wildman–Crippen LogP) is -0.630. The first-order valence-electron chi connectivity index (χ1n) is 8.38. The van der Waals surface area contributed by atoms with Crippen molar-refractivity contribution in [3.8, 4) is 17.2 Å². The van der Waals surface area contributed by atoms with Crippen molar-refractivity contribution in [1.29, 1.82) is 0 Å². The first kappa shape index (κ1) is 21.9. The third-order valence-electron chi connectivity index (χ3n) is 4.29. The number of rotatable bonds is 7. The summed E-state index contributed by atoms with van der Waals surface area (Å²) in [6.45, 7) is 0.830. The smallest absolute Gasteiger partial charge is 0.331 e. The number of carboxylic acid groups (broad SMARTS) is 1. The fourth-order valence-electron chi connectivity index (χ4n) is 2.69. The molecule has 0 spiro atoms. The van der Waals surface area contributed by atoms with Crippen molar-refractivity contribution in [2.45, 2.75) is 37.6 Å². The van der Waals surface area contributed by atoms with E-state index in [1.807, 2.05) is 0 Å². The number of hydrogen-bond acceptors (Lipinski definition) is 9. The number of hydrogen-bond donors (Lipinski definition) is 5. The van der Waals surface area contributed by atoms with Crippen molar-refractivity contribution in [2.24, 2.45) is 0 Å². The topological polar surface area (TPSA) is 155 Å². The highest BCUT2D eigenvalue weighted by atomic mass is 16.7. The van der Waals surface area contributed by atoms with Gasteiger partial charge in [0.2, 0.25) is 12.0 Å². The van der Waals surface area contributed by atoms with E-state index in [1.165, 1.54) is 39.4 Å². The van der Waals surface area contributed by atoms with Gasteiger partial charge >= 0.3 is 5.97 Å². The fourth-order valence-corrected chi connectivity index (χ4v) is 2.69. The van der Waals surface area contributed by atoms with Gasteiger partial charge in [0.1, 0.15) is 24.4 Å². The standard InChI is InChI=1S/C18H24O10/c1-8(17(23)24)4-9-5-10(25-2)16(11(6-9)26-3)28-18-15(22)14(21)13(20)12(7-19)27-18/h4-6,12-15,18-22H,7H2,1-3H3,(H,23,24)/t12-,13+,14+,15-,18+/m1/s1. The van der Waals surface area contributed by atoms with Gasteiger partial charge in [-0.1, -0.05) is 0 Å². The van der Waals surface area contributed by atoms with Gasteiger partial charge in [-0.3, -0.25) is 0 Å². The molecule has 5 atom stereocenters. The summed E-state index contributed by atoms with van der Waals surface area (Å²) in [5, 5.41) is 48.2. The Labute approximate surface area is 161 Å². The lowest BCUT2D eigenvalue weighted by molar-refractivity contribution is -0.277. The summed E-state index contributed by atoms with van der Waals surface area (Å²) >= 11 is 0. The summed E-state index contributed by atoms with van der Waals surface area (Å²) in [7, 11) is 2.71. The second kappa shape index (κ2) is 9.22. The summed E-state index contributed by atoms with van der Waals surface area (Å²) in [6, 6.07) is 2.99. The Morgan fingerprint density at radius 2 is 1.68 bits per heavy atom. The lowest BCUT2D eigenvalue weighted by atomic mass is 9.99. The average molecular weight is 400 g/mol. The first-order valence-corrected chi connectivity index (χ1v) is 8.38. The van der Waals surface area contributed by atoms with Crippen LogP contribution < -0.4 is 14.2 Å². The van der Waals surface area contributed by atoms with Crippen LogP contribution in [0.5, 0.6) is 17.2 Å². The summed E-state index contributed by atoms with van der Waals surface area (Å²) in [6.07, 6.45) is -5.89. The molecule has 1 fully saturated rings. The molecular formula is C18H24O10. The molecule has 10 heteroatoms. The maximum atomic E-state index is 11.0. The average Bonchev–Trinajstić information content (AvgIpc) is 2.68. The van der Waals surface area contributed by atoms with E-state index < -0.39 is 43.3 Å². The van der Waals surface area contributed by atoms with Gasteiger partial charge in [0.25, 0.3) is 0 Å². The van der Waals surface area contributed by atoms with Crippen molar-refractivity contribution in [2.75, 3.05) is 20.8 Å². The Bertz CT molecular complexity index is 704. The molecule has 0 aliphatic carbocycles. The minimum Gasteiger partial charge on any atom is -0.493 e. The molecule has 0 saturated carbocycles. The Morgan fingerprint density at radius 1 is 1.11 bits per heavy atom. The van der Waals surface area contributed by atoms with Crippen molar-refractivity contribution >= 4 is 12.0 Å². The number of aliphatic carboxylic acids is 1. The maximum Gasteiger partial charge on any atom is 0.331 e. The minimum atomic E-state index is -1.61. The number of aliphatic hydroxyl groups excluding tert-OH is 4. The Hall–Kier alpha value is -2.37. The van der Waals surface area contributed by atoms with Crippen molar-refractivity contribution in [3.05, 3.63) is 23.3 Å². The van der Waals surface area contributed by atoms with Crippen molar-refractivity contribution < 1.29 is 49.3 Å². The van der Waals surface area contributed by atoms with E-state index in [4.69, 9.17) is 24.1 Å². The molecule has 1 aromatic carbocycles. The molecule has 0 aromatic heterocycles. The zero-order chi connectivity index (χ0) is 21.0. The van der Waals surface area contributed by atoms with Gasteiger partial charge in [-0.05, 0) is 30.7 Å². The number of benzene rings is 1. The maximum absolute atomic E-state index is 11.0. The molecule has 1 aliphatic heterocycles. The molecule has 1 aromatic rings. The largest absolute Gasteiger partial charge is 0.493 e. The van der Waals surface area contributed by atoms with Crippen LogP contribution in [-0.4, -0.2) is 83.0 Å². The lowest BCUT2D eigenvalue weighted by Gasteiger charge is -2.39. The van der Waals surface area contributed by atoms with E-state index in [0.29, 0.717) is 5.56 Å². The van der Waals surface area contributed by atoms with E-state index in [-0.39, 0.29) is 22.8 Å². The molecule has 156 valence electrons. The van der Waals surface area contributed by atoms with E-state index in [9.17, 15) is 25.2 Å². The van der Waals surface area contributed by atoms with E-state index in [1.54, 1.807) is 0 Å². The Morgan fingerprint density at radius 3 is 2.14 bits per heavy atom. The molecule has 5 N–H and O–H groups in total. The summed E-state index contributed by atoms with van der Waals surface area (Å²) in [5.41, 5.74) is 0.557. The number of methoxy groups -OCH3 is 2. The van der Waals surface area contributed by atoms with Crippen LogP contribution in [0, 0.1) is 0 Å². The Kier molecular flexibility index (Phi) is 7.22. The molecular weight excluding hydrogens is 376 g/mol. The highest BCUT2D eigenvalue weighted by molar-refractivity contribution is 5.91. The number of carbonyl (C=O) groups is 1.